The zero-order chi connectivity index (χ0) is 14.6. The molecular formula is C14H18N2O2S2. The molecule has 1 aromatic carbocycles. The normalized spacial score (nSPS) is 13.3. The predicted molar refractivity (Wildman–Crippen MR) is 82.0 cm³/mol. The van der Waals surface area contributed by atoms with E-state index in [9.17, 15) is 8.42 Å². The van der Waals surface area contributed by atoms with Gasteiger partial charge in [-0.1, -0.05) is 37.3 Å². The first-order valence-electron chi connectivity index (χ1n) is 6.41. The van der Waals surface area contributed by atoms with Crippen molar-refractivity contribution in [1.29, 1.82) is 0 Å². The lowest BCUT2D eigenvalue weighted by Gasteiger charge is -2.17. The summed E-state index contributed by atoms with van der Waals surface area (Å²) in [4.78, 5) is 1.15. The molecule has 0 spiro atoms. The van der Waals surface area contributed by atoms with Crippen LogP contribution in [0.2, 0.25) is 0 Å². The number of thiophene rings is 1. The summed E-state index contributed by atoms with van der Waals surface area (Å²) >= 11 is 1.36. The van der Waals surface area contributed by atoms with E-state index in [0.29, 0.717) is 13.0 Å². The monoisotopic (exact) mass is 310 g/mol. The molecule has 1 unspecified atom stereocenters. The molecule has 0 aliphatic carbocycles. The topological polar surface area (TPSA) is 72.2 Å². The summed E-state index contributed by atoms with van der Waals surface area (Å²) in [6.45, 7) is 2.31. The Balaban J connectivity index is 2.22. The molecule has 0 fully saturated rings. The summed E-state index contributed by atoms with van der Waals surface area (Å²) in [6, 6.07) is 11.0. The second-order valence-electron chi connectivity index (χ2n) is 4.45. The van der Waals surface area contributed by atoms with E-state index < -0.39 is 10.0 Å². The molecule has 2 aromatic rings. The average Bonchev–Trinajstić information content (AvgIpc) is 2.95. The van der Waals surface area contributed by atoms with Gasteiger partial charge >= 0.3 is 0 Å². The standard InChI is InChI=1S/C14H18N2O2S2/c1-2-14(11-6-4-3-5-7-11)16-20(17,18)13-8-12(9-15)19-10-13/h3-8,10,14,16H,2,9,15H2,1H3. The van der Waals surface area contributed by atoms with E-state index in [4.69, 9.17) is 5.73 Å². The van der Waals surface area contributed by atoms with Gasteiger partial charge in [0.25, 0.3) is 0 Å². The highest BCUT2D eigenvalue weighted by molar-refractivity contribution is 7.89. The molecule has 0 amide bonds. The smallest absolute Gasteiger partial charge is 0.241 e. The maximum Gasteiger partial charge on any atom is 0.241 e. The molecule has 20 heavy (non-hydrogen) atoms. The largest absolute Gasteiger partial charge is 0.326 e. The van der Waals surface area contributed by atoms with E-state index in [1.165, 1.54) is 11.3 Å². The van der Waals surface area contributed by atoms with Crippen molar-refractivity contribution in [3.63, 3.8) is 0 Å². The van der Waals surface area contributed by atoms with Crippen LogP contribution < -0.4 is 10.5 Å². The van der Waals surface area contributed by atoms with Crippen LogP contribution in [0.4, 0.5) is 0 Å². The van der Waals surface area contributed by atoms with E-state index in [1.54, 1.807) is 11.4 Å². The number of rotatable bonds is 6. The van der Waals surface area contributed by atoms with Gasteiger partial charge in [-0.05, 0) is 18.1 Å². The summed E-state index contributed by atoms with van der Waals surface area (Å²) in [5.41, 5.74) is 6.49. The minimum Gasteiger partial charge on any atom is -0.326 e. The van der Waals surface area contributed by atoms with Crippen LogP contribution in [-0.4, -0.2) is 8.42 Å². The van der Waals surface area contributed by atoms with E-state index in [1.807, 2.05) is 37.3 Å². The van der Waals surface area contributed by atoms with Gasteiger partial charge in [-0.2, -0.15) is 0 Å². The van der Waals surface area contributed by atoms with Gasteiger partial charge in [-0.3, -0.25) is 0 Å². The minimum absolute atomic E-state index is 0.220. The van der Waals surface area contributed by atoms with Crippen LogP contribution in [0, 0.1) is 0 Å². The van der Waals surface area contributed by atoms with E-state index in [-0.39, 0.29) is 10.9 Å². The van der Waals surface area contributed by atoms with Gasteiger partial charge in [-0.15, -0.1) is 11.3 Å². The van der Waals surface area contributed by atoms with Gasteiger partial charge in [0, 0.05) is 22.8 Å². The Labute approximate surface area is 123 Å². The van der Waals surface area contributed by atoms with Crippen LogP contribution >= 0.6 is 11.3 Å². The van der Waals surface area contributed by atoms with Crippen molar-refractivity contribution < 1.29 is 8.42 Å². The fourth-order valence-corrected chi connectivity index (χ4v) is 4.40. The highest BCUT2D eigenvalue weighted by Gasteiger charge is 2.21. The van der Waals surface area contributed by atoms with Crippen LogP contribution in [0.15, 0.2) is 46.7 Å². The lowest BCUT2D eigenvalue weighted by atomic mass is 10.1. The summed E-state index contributed by atoms with van der Waals surface area (Å²) in [7, 11) is -3.50. The Morgan fingerprint density at radius 2 is 2.00 bits per heavy atom. The molecule has 0 aliphatic heterocycles. The van der Waals surface area contributed by atoms with Crippen LogP contribution in [0.25, 0.3) is 0 Å². The van der Waals surface area contributed by atoms with Crippen molar-refractivity contribution in [2.45, 2.75) is 30.8 Å². The van der Waals surface area contributed by atoms with Crippen molar-refractivity contribution in [3.8, 4) is 0 Å². The van der Waals surface area contributed by atoms with Crippen LogP contribution in [0.1, 0.15) is 29.8 Å². The van der Waals surface area contributed by atoms with Gasteiger partial charge in [0.2, 0.25) is 10.0 Å². The minimum atomic E-state index is -3.50. The number of nitrogens with one attached hydrogen (secondary N) is 1. The molecule has 1 aromatic heterocycles. The molecule has 3 N–H and O–H groups in total. The molecule has 4 nitrogen and oxygen atoms in total. The molecular weight excluding hydrogens is 292 g/mol. The molecule has 0 saturated heterocycles. The van der Waals surface area contributed by atoms with Gasteiger partial charge in [-0.25, -0.2) is 13.1 Å². The number of nitrogens with two attached hydrogens (primary N) is 1. The predicted octanol–water partition coefficient (Wildman–Crippen LogP) is 2.64. The summed E-state index contributed by atoms with van der Waals surface area (Å²) < 4.78 is 27.5. The van der Waals surface area contributed by atoms with Crippen molar-refractivity contribution in [2.24, 2.45) is 5.73 Å². The van der Waals surface area contributed by atoms with Crippen molar-refractivity contribution >= 4 is 21.4 Å². The zero-order valence-corrected chi connectivity index (χ0v) is 12.9. The SMILES string of the molecule is CCC(NS(=O)(=O)c1csc(CN)c1)c1ccccc1. The lowest BCUT2D eigenvalue weighted by Crippen LogP contribution is -2.28. The third-order valence-corrected chi connectivity index (χ3v) is 5.61. The summed E-state index contributed by atoms with van der Waals surface area (Å²) in [5, 5.41) is 1.63. The van der Waals surface area contributed by atoms with Crippen LogP contribution in [-0.2, 0) is 16.6 Å². The summed E-state index contributed by atoms with van der Waals surface area (Å²) in [5.74, 6) is 0. The quantitative estimate of drug-likeness (QED) is 0.861. The first kappa shape index (κ1) is 15.2. The van der Waals surface area contributed by atoms with Crippen molar-refractivity contribution in [3.05, 3.63) is 52.2 Å². The maximum atomic E-state index is 12.4. The average molecular weight is 310 g/mol. The molecule has 0 radical (unpaired) electrons. The highest BCUT2D eigenvalue weighted by atomic mass is 32.2. The molecule has 6 heteroatoms. The second kappa shape index (κ2) is 6.49. The molecule has 0 saturated carbocycles. The molecule has 108 valence electrons. The Morgan fingerprint density at radius 3 is 2.55 bits per heavy atom. The van der Waals surface area contributed by atoms with Crippen molar-refractivity contribution in [2.75, 3.05) is 0 Å². The number of benzene rings is 1. The van der Waals surface area contributed by atoms with E-state index in [2.05, 4.69) is 4.72 Å². The number of hydrogen-bond acceptors (Lipinski definition) is 4. The Bertz CT molecular complexity index is 651. The maximum absolute atomic E-state index is 12.4. The third-order valence-electron chi connectivity index (χ3n) is 3.05. The zero-order valence-electron chi connectivity index (χ0n) is 11.2. The van der Waals surface area contributed by atoms with Gasteiger partial charge < -0.3 is 5.73 Å². The third kappa shape index (κ3) is 3.46. The fraction of sp³-hybridized carbons (Fsp3) is 0.286. The molecule has 2 rings (SSSR count). The highest BCUT2D eigenvalue weighted by Crippen LogP contribution is 2.23. The van der Waals surface area contributed by atoms with Gasteiger partial charge in [0.1, 0.15) is 0 Å². The van der Waals surface area contributed by atoms with Gasteiger partial charge in [0.15, 0.2) is 0 Å². The first-order valence-corrected chi connectivity index (χ1v) is 8.78. The lowest BCUT2D eigenvalue weighted by molar-refractivity contribution is 0.550. The van der Waals surface area contributed by atoms with Crippen LogP contribution in [0.3, 0.4) is 0 Å². The van der Waals surface area contributed by atoms with Crippen molar-refractivity contribution in [1.82, 2.24) is 4.72 Å². The number of hydrogen-bond donors (Lipinski definition) is 2. The molecule has 0 aliphatic rings. The van der Waals surface area contributed by atoms with Crippen LogP contribution in [0.5, 0.6) is 0 Å². The molecule has 1 atom stereocenters. The molecule has 1 heterocycles. The van der Waals surface area contributed by atoms with E-state index >= 15 is 0 Å². The first-order chi connectivity index (χ1) is 9.56. The van der Waals surface area contributed by atoms with Gasteiger partial charge in [0.05, 0.1) is 4.90 Å². The fourth-order valence-electron chi connectivity index (χ4n) is 1.94. The van der Waals surface area contributed by atoms with E-state index in [0.717, 1.165) is 10.4 Å². The molecule has 0 bridgehead atoms. The Kier molecular flexibility index (Phi) is 4.93. The summed E-state index contributed by atoms with van der Waals surface area (Å²) in [6.07, 6.45) is 0.692. The Morgan fingerprint density at radius 1 is 1.30 bits per heavy atom. The second-order valence-corrected chi connectivity index (χ2v) is 7.16. The Hall–Kier alpha value is -1.21. The number of sulfonamides is 1.